The Bertz CT molecular complexity index is 723. The second-order valence-corrected chi connectivity index (χ2v) is 5.01. The minimum absolute atomic E-state index is 0.331. The molecule has 0 spiro atoms. The molecule has 1 saturated carbocycles. The molecule has 106 valence electrons. The number of ether oxygens (including phenoxy) is 1. The van der Waals surface area contributed by atoms with E-state index >= 15 is 0 Å². The highest BCUT2D eigenvalue weighted by Gasteiger charge is 2.33. The minimum atomic E-state index is -0.331. The molecule has 0 radical (unpaired) electrons. The zero-order valence-electron chi connectivity index (χ0n) is 11.7. The van der Waals surface area contributed by atoms with Crippen molar-refractivity contribution in [1.29, 1.82) is 5.26 Å². The van der Waals surface area contributed by atoms with E-state index in [1.807, 2.05) is 12.1 Å². The van der Waals surface area contributed by atoms with Crippen molar-refractivity contribution < 1.29 is 9.53 Å². The number of nitrogens with zero attached hydrogens (tertiary/aromatic N) is 3. The third-order valence-electron chi connectivity index (χ3n) is 3.49. The third-order valence-corrected chi connectivity index (χ3v) is 3.49. The average molecular weight is 281 g/mol. The topological polar surface area (TPSA) is 67.9 Å². The number of carbonyl (C=O) groups excluding carboxylic acids is 1. The molecule has 1 aromatic carbocycles. The highest BCUT2D eigenvalue weighted by atomic mass is 16.5. The van der Waals surface area contributed by atoms with Crippen molar-refractivity contribution in [3.63, 3.8) is 0 Å². The summed E-state index contributed by atoms with van der Waals surface area (Å²) in [5.74, 6) is 0.0136. The number of aromatic nitrogens is 2. The Balaban J connectivity index is 2.06. The van der Waals surface area contributed by atoms with Gasteiger partial charge in [-0.05, 0) is 38.0 Å². The molecule has 1 aliphatic carbocycles. The van der Waals surface area contributed by atoms with E-state index < -0.39 is 0 Å². The van der Waals surface area contributed by atoms with Gasteiger partial charge in [-0.25, -0.2) is 9.48 Å². The molecule has 1 aliphatic rings. The fraction of sp³-hybridized carbons (Fsp3) is 0.312. The van der Waals surface area contributed by atoms with Crippen LogP contribution in [0, 0.1) is 11.3 Å². The first kappa shape index (κ1) is 13.4. The van der Waals surface area contributed by atoms with E-state index in [0.717, 1.165) is 24.2 Å². The number of esters is 1. The molecule has 0 unspecified atom stereocenters. The normalized spacial score (nSPS) is 13.7. The largest absolute Gasteiger partial charge is 0.462 e. The predicted molar refractivity (Wildman–Crippen MR) is 76.2 cm³/mol. The summed E-state index contributed by atoms with van der Waals surface area (Å²) in [7, 11) is 0. The SMILES string of the molecule is CCOC(=O)c1cnn(-c2cccc(C#N)c2)c1C1CC1. The van der Waals surface area contributed by atoms with Crippen LogP contribution in [0.1, 0.15) is 47.3 Å². The van der Waals surface area contributed by atoms with E-state index in [-0.39, 0.29) is 5.97 Å². The van der Waals surface area contributed by atoms with Crippen LogP contribution >= 0.6 is 0 Å². The fourth-order valence-electron chi connectivity index (χ4n) is 2.39. The van der Waals surface area contributed by atoms with Gasteiger partial charge in [0.15, 0.2) is 0 Å². The summed E-state index contributed by atoms with van der Waals surface area (Å²) in [6.45, 7) is 2.13. The van der Waals surface area contributed by atoms with Gasteiger partial charge in [0.2, 0.25) is 0 Å². The molecule has 2 aromatic rings. The molecule has 0 bridgehead atoms. The molecule has 5 nitrogen and oxygen atoms in total. The molecule has 0 amide bonds. The van der Waals surface area contributed by atoms with Gasteiger partial charge in [-0.1, -0.05) is 6.07 Å². The van der Waals surface area contributed by atoms with Crippen LogP contribution in [-0.2, 0) is 4.74 Å². The van der Waals surface area contributed by atoms with Crippen LogP contribution in [0.25, 0.3) is 5.69 Å². The summed E-state index contributed by atoms with van der Waals surface area (Å²) in [5, 5.41) is 13.3. The Morgan fingerprint density at radius 1 is 1.52 bits per heavy atom. The van der Waals surface area contributed by atoms with Gasteiger partial charge in [-0.2, -0.15) is 10.4 Å². The van der Waals surface area contributed by atoms with Crippen molar-refractivity contribution in [3.05, 3.63) is 47.3 Å². The van der Waals surface area contributed by atoms with E-state index in [2.05, 4.69) is 11.2 Å². The van der Waals surface area contributed by atoms with Gasteiger partial charge in [0, 0.05) is 5.92 Å². The van der Waals surface area contributed by atoms with E-state index in [1.54, 1.807) is 29.9 Å². The monoisotopic (exact) mass is 281 g/mol. The molecular weight excluding hydrogens is 266 g/mol. The van der Waals surface area contributed by atoms with Crippen LogP contribution in [0.2, 0.25) is 0 Å². The summed E-state index contributed by atoms with van der Waals surface area (Å²) in [6.07, 6.45) is 3.66. The van der Waals surface area contributed by atoms with Crippen molar-refractivity contribution in [3.8, 4) is 11.8 Å². The molecule has 0 saturated heterocycles. The van der Waals surface area contributed by atoms with Crippen molar-refractivity contribution in [1.82, 2.24) is 9.78 Å². The zero-order chi connectivity index (χ0) is 14.8. The molecule has 5 heteroatoms. The van der Waals surface area contributed by atoms with Crippen molar-refractivity contribution in [2.45, 2.75) is 25.7 Å². The molecule has 0 N–H and O–H groups in total. The van der Waals surface area contributed by atoms with E-state index in [0.29, 0.717) is 23.7 Å². The van der Waals surface area contributed by atoms with Crippen LogP contribution in [-0.4, -0.2) is 22.4 Å². The number of carbonyl (C=O) groups is 1. The van der Waals surface area contributed by atoms with Gasteiger partial charge in [0.1, 0.15) is 5.56 Å². The maximum absolute atomic E-state index is 12.0. The van der Waals surface area contributed by atoms with Crippen molar-refractivity contribution >= 4 is 5.97 Å². The zero-order valence-corrected chi connectivity index (χ0v) is 11.7. The smallest absolute Gasteiger partial charge is 0.341 e. The number of benzene rings is 1. The maximum Gasteiger partial charge on any atom is 0.341 e. The maximum atomic E-state index is 12.0. The first-order chi connectivity index (χ1) is 10.2. The Morgan fingerprint density at radius 3 is 3.00 bits per heavy atom. The highest BCUT2D eigenvalue weighted by Crippen LogP contribution is 2.42. The first-order valence-corrected chi connectivity index (χ1v) is 7.00. The van der Waals surface area contributed by atoms with Gasteiger partial charge >= 0.3 is 5.97 Å². The predicted octanol–water partition coefficient (Wildman–Crippen LogP) is 2.80. The quantitative estimate of drug-likeness (QED) is 0.808. The molecule has 0 atom stereocenters. The van der Waals surface area contributed by atoms with Gasteiger partial charge in [0.25, 0.3) is 0 Å². The lowest BCUT2D eigenvalue weighted by molar-refractivity contribution is 0.0525. The van der Waals surface area contributed by atoms with E-state index in [9.17, 15) is 4.79 Å². The second-order valence-electron chi connectivity index (χ2n) is 5.01. The highest BCUT2D eigenvalue weighted by molar-refractivity contribution is 5.91. The van der Waals surface area contributed by atoms with Gasteiger partial charge in [-0.3, -0.25) is 0 Å². The van der Waals surface area contributed by atoms with E-state index in [1.165, 1.54) is 0 Å². The number of hydrogen-bond donors (Lipinski definition) is 0. The van der Waals surface area contributed by atoms with Gasteiger partial charge in [-0.15, -0.1) is 0 Å². The Hall–Kier alpha value is -2.61. The summed E-state index contributed by atoms with van der Waals surface area (Å²) in [5.41, 5.74) is 2.79. The Labute approximate surface area is 122 Å². The lowest BCUT2D eigenvalue weighted by atomic mass is 10.1. The lowest BCUT2D eigenvalue weighted by Crippen LogP contribution is -2.09. The molecular formula is C16H15N3O2. The molecule has 21 heavy (non-hydrogen) atoms. The summed E-state index contributed by atoms with van der Waals surface area (Å²) in [6, 6.07) is 9.34. The first-order valence-electron chi connectivity index (χ1n) is 7.00. The number of rotatable bonds is 4. The standard InChI is InChI=1S/C16H15N3O2/c1-2-21-16(20)14-10-18-19(15(14)12-6-7-12)13-5-3-4-11(8-13)9-17/h3-5,8,10,12H,2,6-7H2,1H3. The van der Waals surface area contributed by atoms with Gasteiger partial charge < -0.3 is 4.74 Å². The minimum Gasteiger partial charge on any atom is -0.462 e. The second kappa shape index (κ2) is 5.41. The van der Waals surface area contributed by atoms with Crippen LogP contribution in [0.5, 0.6) is 0 Å². The summed E-state index contributed by atoms with van der Waals surface area (Å²) < 4.78 is 6.85. The lowest BCUT2D eigenvalue weighted by Gasteiger charge is -2.09. The average Bonchev–Trinajstić information content (AvgIpc) is 3.25. The van der Waals surface area contributed by atoms with Crippen molar-refractivity contribution in [2.75, 3.05) is 6.61 Å². The fourth-order valence-corrected chi connectivity index (χ4v) is 2.39. The van der Waals surface area contributed by atoms with Gasteiger partial charge in [0.05, 0.1) is 35.8 Å². The van der Waals surface area contributed by atoms with Crippen LogP contribution in [0.4, 0.5) is 0 Å². The number of hydrogen-bond acceptors (Lipinski definition) is 4. The third kappa shape index (κ3) is 2.52. The Morgan fingerprint density at radius 2 is 2.33 bits per heavy atom. The molecule has 1 aromatic heterocycles. The van der Waals surface area contributed by atoms with Crippen LogP contribution in [0.15, 0.2) is 30.5 Å². The van der Waals surface area contributed by atoms with Crippen molar-refractivity contribution in [2.24, 2.45) is 0 Å². The number of nitriles is 1. The molecule has 0 aliphatic heterocycles. The summed E-state index contributed by atoms with van der Waals surface area (Å²) >= 11 is 0. The molecule has 3 rings (SSSR count). The summed E-state index contributed by atoms with van der Waals surface area (Å²) in [4.78, 5) is 12.0. The Kier molecular flexibility index (Phi) is 3.44. The van der Waals surface area contributed by atoms with E-state index in [4.69, 9.17) is 10.00 Å². The molecule has 1 fully saturated rings. The van der Waals surface area contributed by atoms with Crippen LogP contribution < -0.4 is 0 Å². The van der Waals surface area contributed by atoms with Crippen LogP contribution in [0.3, 0.4) is 0 Å². The molecule has 1 heterocycles.